The van der Waals surface area contributed by atoms with Crippen LogP contribution in [0.15, 0.2) is 36.4 Å². The Morgan fingerprint density at radius 2 is 1.81 bits per heavy atom. The number of carbonyl (C=O) groups is 2. The maximum absolute atomic E-state index is 12.5. The van der Waals surface area contributed by atoms with Gasteiger partial charge in [0.05, 0.1) is 6.54 Å². The lowest BCUT2D eigenvalue weighted by Gasteiger charge is -2.25. The van der Waals surface area contributed by atoms with Crippen LogP contribution in [0.4, 0.5) is 16.2 Å². The molecule has 0 radical (unpaired) electrons. The number of anilines is 2. The first-order valence-electron chi connectivity index (χ1n) is 10.2. The first-order valence-corrected chi connectivity index (χ1v) is 10.2. The summed E-state index contributed by atoms with van der Waals surface area (Å²) in [6, 6.07) is 10.3. The molecule has 6 N–H and O–H groups in total. The number of nitrogens with zero attached hydrogens (tertiary/aromatic N) is 1. The highest BCUT2D eigenvalue weighted by atomic mass is 16.4. The Bertz CT molecular complexity index is 1070. The summed E-state index contributed by atoms with van der Waals surface area (Å²) in [6.07, 6.45) is 0. The second-order valence-corrected chi connectivity index (χ2v) is 7.68. The van der Waals surface area contributed by atoms with E-state index >= 15 is 0 Å². The smallest absolute Gasteiger partial charge is 0.323 e. The maximum Gasteiger partial charge on any atom is 0.323 e. The second-order valence-electron chi connectivity index (χ2n) is 7.68. The molecule has 0 aromatic heterocycles. The fourth-order valence-electron chi connectivity index (χ4n) is 3.01. The fourth-order valence-corrected chi connectivity index (χ4v) is 3.01. The van der Waals surface area contributed by atoms with Crippen LogP contribution in [-0.4, -0.2) is 42.1 Å². The van der Waals surface area contributed by atoms with Crippen molar-refractivity contribution in [1.82, 2.24) is 5.32 Å². The molecule has 0 fully saturated rings. The second kappa shape index (κ2) is 10.9. The molecule has 0 unspecified atom stereocenters. The van der Waals surface area contributed by atoms with Gasteiger partial charge in [-0.25, -0.2) is 4.79 Å². The number of amidine groups is 1. The number of urea groups is 1. The van der Waals surface area contributed by atoms with Gasteiger partial charge in [-0.15, -0.1) is 0 Å². The van der Waals surface area contributed by atoms with Crippen LogP contribution in [0.1, 0.15) is 36.1 Å². The first kappa shape index (κ1) is 24.3. The molecular weight excluding hydrogens is 406 g/mol. The van der Waals surface area contributed by atoms with Crippen molar-refractivity contribution in [1.29, 1.82) is 5.41 Å². The van der Waals surface area contributed by atoms with Gasteiger partial charge in [-0.2, -0.15) is 0 Å². The molecule has 0 saturated heterocycles. The van der Waals surface area contributed by atoms with Gasteiger partial charge in [0.25, 0.3) is 0 Å². The normalized spacial score (nSPS) is 10.2. The molecule has 8 heteroatoms. The lowest BCUT2D eigenvalue weighted by atomic mass is 10.0. The maximum atomic E-state index is 12.5. The van der Waals surface area contributed by atoms with E-state index in [-0.39, 0.29) is 11.9 Å². The van der Waals surface area contributed by atoms with E-state index in [1.54, 1.807) is 18.2 Å². The molecule has 0 aliphatic rings. The van der Waals surface area contributed by atoms with Crippen LogP contribution < -0.4 is 21.3 Å². The number of nitrogens with one attached hydrogen (secondary N) is 3. The number of hydrogen-bond acceptors (Lipinski definition) is 4. The van der Waals surface area contributed by atoms with E-state index < -0.39 is 18.5 Å². The Hall–Kier alpha value is -3.99. The molecule has 0 spiro atoms. The SMILES string of the molecule is Cc1cc(N(CC(=O)O)C(=O)NC(C)C)c(C)cc1C#CCNc1ccc(C(=N)N)cc1. The third-order valence-electron chi connectivity index (χ3n) is 4.58. The van der Waals surface area contributed by atoms with Crippen LogP contribution >= 0.6 is 0 Å². The number of aryl methyl sites for hydroxylation is 2. The number of carboxylic acids is 1. The molecule has 0 aliphatic carbocycles. The third kappa shape index (κ3) is 6.77. The minimum Gasteiger partial charge on any atom is -0.480 e. The van der Waals surface area contributed by atoms with Crippen molar-refractivity contribution >= 4 is 29.2 Å². The van der Waals surface area contributed by atoms with Crippen molar-refractivity contribution < 1.29 is 14.7 Å². The van der Waals surface area contributed by atoms with Crippen molar-refractivity contribution in [2.75, 3.05) is 23.3 Å². The van der Waals surface area contributed by atoms with Gasteiger partial charge in [0.15, 0.2) is 0 Å². The van der Waals surface area contributed by atoms with Crippen LogP contribution in [0.3, 0.4) is 0 Å². The molecular formula is C24H29N5O3. The summed E-state index contributed by atoms with van der Waals surface area (Å²) in [7, 11) is 0. The van der Waals surface area contributed by atoms with Gasteiger partial charge in [-0.3, -0.25) is 15.1 Å². The summed E-state index contributed by atoms with van der Waals surface area (Å²) >= 11 is 0. The Morgan fingerprint density at radius 1 is 1.16 bits per heavy atom. The van der Waals surface area contributed by atoms with Crippen LogP contribution in [0.5, 0.6) is 0 Å². The zero-order chi connectivity index (χ0) is 23.8. The lowest BCUT2D eigenvalue weighted by Crippen LogP contribution is -2.45. The summed E-state index contributed by atoms with van der Waals surface area (Å²) in [4.78, 5) is 25.1. The summed E-state index contributed by atoms with van der Waals surface area (Å²) in [6.45, 7) is 7.32. The molecule has 32 heavy (non-hydrogen) atoms. The van der Waals surface area contributed by atoms with Crippen LogP contribution in [-0.2, 0) is 4.79 Å². The summed E-state index contributed by atoms with van der Waals surface area (Å²) < 4.78 is 0. The van der Waals surface area contributed by atoms with Crippen LogP contribution in [0, 0.1) is 31.1 Å². The van der Waals surface area contributed by atoms with Crippen molar-refractivity contribution in [3.8, 4) is 11.8 Å². The van der Waals surface area contributed by atoms with E-state index in [2.05, 4.69) is 22.5 Å². The predicted octanol–water partition coefficient (Wildman–Crippen LogP) is 3.06. The van der Waals surface area contributed by atoms with Gasteiger partial charge in [0.1, 0.15) is 12.4 Å². The molecule has 2 rings (SSSR count). The Labute approximate surface area is 188 Å². The highest BCUT2D eigenvalue weighted by Gasteiger charge is 2.21. The third-order valence-corrected chi connectivity index (χ3v) is 4.58. The van der Waals surface area contributed by atoms with Crippen molar-refractivity contribution in [2.45, 2.75) is 33.7 Å². The summed E-state index contributed by atoms with van der Waals surface area (Å²) in [5, 5.41) is 22.6. The molecule has 2 aromatic rings. The molecule has 2 amide bonds. The van der Waals surface area contributed by atoms with Crippen molar-refractivity contribution in [3.63, 3.8) is 0 Å². The van der Waals surface area contributed by atoms with Crippen LogP contribution in [0.25, 0.3) is 0 Å². The lowest BCUT2D eigenvalue weighted by molar-refractivity contribution is -0.135. The monoisotopic (exact) mass is 435 g/mol. The number of benzene rings is 2. The molecule has 0 atom stereocenters. The van der Waals surface area contributed by atoms with Gasteiger partial charge in [-0.05, 0) is 75.2 Å². The van der Waals surface area contributed by atoms with E-state index in [0.717, 1.165) is 22.4 Å². The van der Waals surface area contributed by atoms with Gasteiger partial charge in [-0.1, -0.05) is 11.8 Å². The fraction of sp³-hybridized carbons (Fsp3) is 0.292. The highest BCUT2D eigenvalue weighted by molar-refractivity contribution is 5.97. The molecule has 0 saturated carbocycles. The zero-order valence-electron chi connectivity index (χ0n) is 18.7. The first-order chi connectivity index (χ1) is 15.1. The number of nitrogen functional groups attached to an aromatic ring is 1. The Morgan fingerprint density at radius 3 is 2.38 bits per heavy atom. The van der Waals surface area contributed by atoms with Crippen LogP contribution in [0.2, 0.25) is 0 Å². The molecule has 168 valence electrons. The number of rotatable bonds is 7. The summed E-state index contributed by atoms with van der Waals surface area (Å²) in [5.41, 5.74) is 9.93. The minimum absolute atomic E-state index is 0.0224. The van der Waals surface area contributed by atoms with E-state index in [9.17, 15) is 14.7 Å². The van der Waals surface area contributed by atoms with Crippen molar-refractivity contribution in [3.05, 3.63) is 58.7 Å². The van der Waals surface area contributed by atoms with Gasteiger partial charge in [0.2, 0.25) is 0 Å². The average molecular weight is 436 g/mol. The quantitative estimate of drug-likeness (QED) is 0.259. The van der Waals surface area contributed by atoms with Crippen molar-refractivity contribution in [2.24, 2.45) is 5.73 Å². The number of carboxylic acid groups (broad SMARTS) is 1. The zero-order valence-corrected chi connectivity index (χ0v) is 18.7. The molecule has 0 bridgehead atoms. The molecule has 8 nitrogen and oxygen atoms in total. The van der Waals surface area contributed by atoms with E-state index in [0.29, 0.717) is 17.8 Å². The predicted molar refractivity (Wildman–Crippen MR) is 127 cm³/mol. The molecule has 2 aromatic carbocycles. The topological polar surface area (TPSA) is 132 Å². The average Bonchev–Trinajstić information content (AvgIpc) is 2.71. The number of amides is 2. The molecule has 0 heterocycles. The highest BCUT2D eigenvalue weighted by Crippen LogP contribution is 2.24. The van der Waals surface area contributed by atoms with Gasteiger partial charge < -0.3 is 21.5 Å². The van der Waals surface area contributed by atoms with E-state index in [1.165, 1.54) is 4.90 Å². The summed E-state index contributed by atoms with van der Waals surface area (Å²) in [5.74, 6) is 5.12. The largest absolute Gasteiger partial charge is 0.480 e. The number of aliphatic carboxylic acids is 1. The standard InChI is InChI=1S/C24H29N5O3/c1-15(2)28-24(32)29(14-22(30)31)21-13-16(3)19(12-17(21)4)6-5-11-27-20-9-7-18(8-10-20)23(25)26/h7-10,12-13,15,27H,11,14H2,1-4H3,(H3,25,26)(H,28,32)(H,30,31). The number of carbonyl (C=O) groups excluding carboxylic acids is 1. The van der Waals surface area contributed by atoms with E-state index in [1.807, 2.05) is 45.9 Å². The minimum atomic E-state index is -1.09. The van der Waals surface area contributed by atoms with E-state index in [4.69, 9.17) is 11.1 Å². The van der Waals surface area contributed by atoms with Gasteiger partial charge in [0, 0.05) is 28.5 Å². The Balaban J connectivity index is 2.16. The number of hydrogen-bond donors (Lipinski definition) is 5. The van der Waals surface area contributed by atoms with Gasteiger partial charge >= 0.3 is 12.0 Å². The molecule has 0 aliphatic heterocycles. The number of nitrogens with two attached hydrogens (primary N) is 1. The Kier molecular flexibility index (Phi) is 8.24.